The fourth-order valence-corrected chi connectivity index (χ4v) is 2.74. The molecule has 0 saturated heterocycles. The summed E-state index contributed by atoms with van der Waals surface area (Å²) in [7, 11) is 0. The van der Waals surface area contributed by atoms with Crippen LogP contribution in [0.3, 0.4) is 0 Å². The summed E-state index contributed by atoms with van der Waals surface area (Å²) >= 11 is 0. The van der Waals surface area contributed by atoms with Crippen LogP contribution in [0.15, 0.2) is 18.5 Å². The van der Waals surface area contributed by atoms with Gasteiger partial charge < -0.3 is 15.4 Å². The second-order valence-electron chi connectivity index (χ2n) is 6.98. The first-order valence-corrected chi connectivity index (χ1v) is 8.43. The van der Waals surface area contributed by atoms with E-state index in [1.165, 1.54) is 12.0 Å². The maximum Gasteiger partial charge on any atom is 0.255 e. The zero-order valence-corrected chi connectivity index (χ0v) is 14.4. The number of aliphatic hydroxyl groups is 1. The number of nitrogens with one attached hydrogen (secondary N) is 2. The number of carbonyl (C=O) groups excluding carboxylic acids is 1. The van der Waals surface area contributed by atoms with Crippen LogP contribution in [0.2, 0.25) is 0 Å². The molecule has 0 aromatic carbocycles. The molecule has 3 N–H and O–H groups in total. The van der Waals surface area contributed by atoms with Gasteiger partial charge in [-0.15, -0.1) is 0 Å². The van der Waals surface area contributed by atoms with Crippen molar-refractivity contribution in [3.63, 3.8) is 0 Å². The molecule has 1 atom stereocenters. The Morgan fingerprint density at radius 3 is 2.88 bits per heavy atom. The molecule has 0 bridgehead atoms. The molecule has 0 fully saturated rings. The standard InChI is InChI=1S/C18H24N4O2/c1-11(18(2,3)24)21-17(23)13-9-19-16-15(13)22-14(10-20-16)12-7-5-4-6-8-12/h7,9-11,24H,4-6,8H2,1-3H3,(H,19,20)(H,21,23)/t11-/m0/s1. The second-order valence-corrected chi connectivity index (χ2v) is 6.98. The van der Waals surface area contributed by atoms with Gasteiger partial charge in [0.05, 0.1) is 29.1 Å². The lowest BCUT2D eigenvalue weighted by Gasteiger charge is -2.26. The van der Waals surface area contributed by atoms with E-state index >= 15 is 0 Å². The molecule has 2 aromatic heterocycles. The van der Waals surface area contributed by atoms with Gasteiger partial charge in [0.1, 0.15) is 5.52 Å². The molecule has 3 rings (SSSR count). The van der Waals surface area contributed by atoms with Crippen LogP contribution in [0.25, 0.3) is 16.7 Å². The normalized spacial score (nSPS) is 16.8. The summed E-state index contributed by atoms with van der Waals surface area (Å²) < 4.78 is 0. The molecule has 6 nitrogen and oxygen atoms in total. The van der Waals surface area contributed by atoms with Crippen molar-refractivity contribution < 1.29 is 9.90 Å². The van der Waals surface area contributed by atoms with Crippen molar-refractivity contribution in [1.29, 1.82) is 0 Å². The highest BCUT2D eigenvalue weighted by Crippen LogP contribution is 2.26. The number of carbonyl (C=O) groups is 1. The van der Waals surface area contributed by atoms with Crippen LogP contribution < -0.4 is 5.32 Å². The lowest BCUT2D eigenvalue weighted by molar-refractivity contribution is 0.0409. The van der Waals surface area contributed by atoms with Crippen molar-refractivity contribution >= 4 is 22.6 Å². The molecule has 0 aliphatic heterocycles. The summed E-state index contributed by atoms with van der Waals surface area (Å²) in [4.78, 5) is 24.6. The smallest absolute Gasteiger partial charge is 0.255 e. The van der Waals surface area contributed by atoms with Gasteiger partial charge in [0.2, 0.25) is 0 Å². The highest BCUT2D eigenvalue weighted by Gasteiger charge is 2.25. The van der Waals surface area contributed by atoms with E-state index in [2.05, 4.69) is 26.3 Å². The number of aromatic amines is 1. The fraction of sp³-hybridized carbons (Fsp3) is 0.500. The number of hydrogen-bond acceptors (Lipinski definition) is 4. The number of amides is 1. The van der Waals surface area contributed by atoms with Crippen LogP contribution in [0.1, 0.15) is 62.5 Å². The Morgan fingerprint density at radius 1 is 1.42 bits per heavy atom. The second kappa shape index (κ2) is 6.36. The third-order valence-corrected chi connectivity index (χ3v) is 4.65. The van der Waals surface area contributed by atoms with Gasteiger partial charge in [0, 0.05) is 6.20 Å². The predicted molar refractivity (Wildman–Crippen MR) is 93.6 cm³/mol. The van der Waals surface area contributed by atoms with E-state index in [4.69, 9.17) is 0 Å². The summed E-state index contributed by atoms with van der Waals surface area (Å²) in [6, 6.07) is -0.382. The maximum absolute atomic E-state index is 12.5. The molecule has 0 saturated carbocycles. The summed E-state index contributed by atoms with van der Waals surface area (Å²) in [6.07, 6.45) is 10.0. The van der Waals surface area contributed by atoms with E-state index < -0.39 is 5.60 Å². The summed E-state index contributed by atoms with van der Waals surface area (Å²) in [5.41, 5.74) is 2.66. The number of H-pyrrole nitrogens is 1. The minimum Gasteiger partial charge on any atom is -0.388 e. The molecule has 128 valence electrons. The molecule has 0 radical (unpaired) electrons. The first-order chi connectivity index (χ1) is 11.4. The quantitative estimate of drug-likeness (QED) is 0.805. The summed E-state index contributed by atoms with van der Waals surface area (Å²) in [5, 5.41) is 12.8. The summed E-state index contributed by atoms with van der Waals surface area (Å²) in [5.74, 6) is -0.264. The number of aromatic nitrogens is 3. The lowest BCUT2D eigenvalue weighted by atomic mass is 9.97. The number of hydrogen-bond donors (Lipinski definition) is 3. The monoisotopic (exact) mass is 328 g/mol. The van der Waals surface area contributed by atoms with Crippen molar-refractivity contribution in [2.45, 2.75) is 58.1 Å². The lowest BCUT2D eigenvalue weighted by Crippen LogP contribution is -2.47. The SMILES string of the molecule is C[C@H](NC(=O)c1c[nH]c2ncc(C3=CCCCC3)nc12)C(C)(C)O. The molecule has 1 amide bonds. The Morgan fingerprint density at radius 2 is 2.21 bits per heavy atom. The Kier molecular flexibility index (Phi) is 4.41. The van der Waals surface area contributed by atoms with Gasteiger partial charge in [-0.05, 0) is 52.0 Å². The Bertz CT molecular complexity index is 786. The van der Waals surface area contributed by atoms with Gasteiger partial charge in [-0.1, -0.05) is 6.08 Å². The largest absolute Gasteiger partial charge is 0.388 e. The van der Waals surface area contributed by atoms with Crippen LogP contribution in [0, 0.1) is 0 Å². The average molecular weight is 328 g/mol. The molecule has 1 aliphatic carbocycles. The average Bonchev–Trinajstić information content (AvgIpc) is 2.97. The van der Waals surface area contributed by atoms with E-state index in [1.54, 1.807) is 33.2 Å². The molecular weight excluding hydrogens is 304 g/mol. The highest BCUT2D eigenvalue weighted by atomic mass is 16.3. The zero-order valence-electron chi connectivity index (χ0n) is 14.4. The highest BCUT2D eigenvalue weighted by molar-refractivity contribution is 6.04. The molecular formula is C18H24N4O2. The Labute approximate surface area is 141 Å². The molecule has 0 unspecified atom stereocenters. The Hall–Kier alpha value is -2.21. The first-order valence-electron chi connectivity index (χ1n) is 8.43. The minimum absolute atomic E-state index is 0.264. The fourth-order valence-electron chi connectivity index (χ4n) is 2.74. The van der Waals surface area contributed by atoms with Gasteiger partial charge in [0.15, 0.2) is 5.65 Å². The van der Waals surface area contributed by atoms with Gasteiger partial charge in [-0.3, -0.25) is 4.79 Å². The number of fused-ring (bicyclic) bond motifs is 1. The van der Waals surface area contributed by atoms with E-state index in [0.717, 1.165) is 25.0 Å². The number of nitrogens with zero attached hydrogens (tertiary/aromatic N) is 2. The predicted octanol–water partition coefficient (Wildman–Crippen LogP) is 2.80. The van der Waals surface area contributed by atoms with Gasteiger partial charge in [-0.2, -0.15) is 0 Å². The van der Waals surface area contributed by atoms with E-state index in [9.17, 15) is 9.90 Å². The van der Waals surface area contributed by atoms with E-state index in [-0.39, 0.29) is 11.9 Å². The molecule has 2 heterocycles. The minimum atomic E-state index is -0.995. The molecule has 1 aliphatic rings. The maximum atomic E-state index is 12.5. The third kappa shape index (κ3) is 3.33. The van der Waals surface area contributed by atoms with Crippen molar-refractivity contribution in [2.75, 3.05) is 0 Å². The van der Waals surface area contributed by atoms with E-state index in [1.807, 2.05) is 0 Å². The molecule has 6 heteroatoms. The zero-order chi connectivity index (χ0) is 17.3. The van der Waals surface area contributed by atoms with Crippen molar-refractivity contribution in [2.24, 2.45) is 0 Å². The van der Waals surface area contributed by atoms with Gasteiger partial charge >= 0.3 is 0 Å². The molecule has 0 spiro atoms. The number of allylic oxidation sites excluding steroid dienone is 2. The van der Waals surface area contributed by atoms with Gasteiger partial charge in [-0.25, -0.2) is 9.97 Å². The van der Waals surface area contributed by atoms with Crippen LogP contribution >= 0.6 is 0 Å². The topological polar surface area (TPSA) is 90.9 Å². The van der Waals surface area contributed by atoms with Crippen LogP contribution in [-0.4, -0.2) is 37.6 Å². The van der Waals surface area contributed by atoms with Crippen molar-refractivity contribution in [3.8, 4) is 0 Å². The van der Waals surface area contributed by atoms with Gasteiger partial charge in [0.25, 0.3) is 5.91 Å². The third-order valence-electron chi connectivity index (χ3n) is 4.65. The first kappa shape index (κ1) is 16.6. The van der Waals surface area contributed by atoms with E-state index in [0.29, 0.717) is 16.7 Å². The van der Waals surface area contributed by atoms with Crippen molar-refractivity contribution in [3.05, 3.63) is 29.7 Å². The molecule has 24 heavy (non-hydrogen) atoms. The van der Waals surface area contributed by atoms with Crippen molar-refractivity contribution in [1.82, 2.24) is 20.3 Å². The molecule has 2 aromatic rings. The number of rotatable bonds is 4. The Balaban J connectivity index is 1.91. The summed E-state index contributed by atoms with van der Waals surface area (Å²) in [6.45, 7) is 5.11. The van der Waals surface area contributed by atoms with Crippen LogP contribution in [-0.2, 0) is 0 Å². The van der Waals surface area contributed by atoms with Crippen LogP contribution in [0.4, 0.5) is 0 Å². The van der Waals surface area contributed by atoms with Crippen LogP contribution in [0.5, 0.6) is 0 Å².